The number of para-hydroxylation sites is 2. The van der Waals surface area contributed by atoms with E-state index in [9.17, 15) is 9.90 Å². The van der Waals surface area contributed by atoms with Crippen molar-refractivity contribution in [2.45, 2.75) is 12.5 Å². The van der Waals surface area contributed by atoms with Gasteiger partial charge in [-0.1, -0.05) is 12.1 Å². The lowest BCUT2D eigenvalue weighted by Gasteiger charge is -2.30. The van der Waals surface area contributed by atoms with Gasteiger partial charge in [-0.2, -0.15) is 0 Å². The molecular formula is C19H22N4O3. The summed E-state index contributed by atoms with van der Waals surface area (Å²) in [6.07, 6.45) is 5.24. The molecule has 1 saturated heterocycles. The molecule has 0 bridgehead atoms. The van der Waals surface area contributed by atoms with Crippen molar-refractivity contribution in [2.75, 3.05) is 37.7 Å². The number of aliphatic hydroxyl groups is 1. The number of hydrogen-bond acceptors (Lipinski definition) is 6. The van der Waals surface area contributed by atoms with Gasteiger partial charge < -0.3 is 14.7 Å². The van der Waals surface area contributed by atoms with Gasteiger partial charge in [-0.15, -0.1) is 0 Å². The number of benzene rings is 1. The molecule has 7 nitrogen and oxygen atoms in total. The number of anilines is 1. The lowest BCUT2D eigenvalue weighted by atomic mass is 10.0. The van der Waals surface area contributed by atoms with Crippen molar-refractivity contribution < 1.29 is 14.6 Å². The second kappa shape index (κ2) is 7.39. The fourth-order valence-electron chi connectivity index (χ4n) is 3.68. The number of carbonyl (C=O) groups is 1. The van der Waals surface area contributed by atoms with Crippen LogP contribution in [0.15, 0.2) is 42.9 Å². The molecule has 3 heterocycles. The van der Waals surface area contributed by atoms with E-state index < -0.39 is 6.10 Å². The van der Waals surface area contributed by atoms with Gasteiger partial charge in [0.25, 0.3) is 0 Å². The highest BCUT2D eigenvalue weighted by Gasteiger charge is 2.34. The van der Waals surface area contributed by atoms with E-state index in [-0.39, 0.29) is 11.8 Å². The largest absolute Gasteiger partial charge is 0.490 e. The van der Waals surface area contributed by atoms with Crippen LogP contribution in [0, 0.1) is 5.92 Å². The Morgan fingerprint density at radius 3 is 3.00 bits per heavy atom. The Bertz CT molecular complexity index is 770. The van der Waals surface area contributed by atoms with E-state index in [1.165, 1.54) is 0 Å². The number of aromatic nitrogens is 2. The van der Waals surface area contributed by atoms with Gasteiger partial charge in [0.15, 0.2) is 0 Å². The molecule has 7 heteroatoms. The van der Waals surface area contributed by atoms with Gasteiger partial charge in [-0.3, -0.25) is 19.7 Å². The molecule has 2 aliphatic rings. The molecule has 1 N–H and O–H groups in total. The molecule has 2 aromatic rings. The Morgan fingerprint density at radius 1 is 1.27 bits per heavy atom. The first-order chi connectivity index (χ1) is 12.7. The molecule has 0 saturated carbocycles. The van der Waals surface area contributed by atoms with Crippen molar-refractivity contribution in [3.8, 4) is 5.75 Å². The molecule has 0 unspecified atom stereocenters. The van der Waals surface area contributed by atoms with Crippen molar-refractivity contribution in [3.05, 3.63) is 48.5 Å². The van der Waals surface area contributed by atoms with E-state index in [2.05, 4.69) is 9.97 Å². The van der Waals surface area contributed by atoms with Gasteiger partial charge in [-0.05, 0) is 18.6 Å². The summed E-state index contributed by atoms with van der Waals surface area (Å²) >= 11 is 0. The van der Waals surface area contributed by atoms with Crippen LogP contribution < -0.4 is 9.64 Å². The number of fused-ring (bicyclic) bond motifs is 1. The van der Waals surface area contributed by atoms with Crippen LogP contribution in [-0.4, -0.2) is 64.8 Å². The van der Waals surface area contributed by atoms with Crippen LogP contribution in [0.25, 0.3) is 0 Å². The second-order valence-electron chi connectivity index (χ2n) is 6.78. The number of carbonyl (C=O) groups excluding carboxylic acids is 1. The second-order valence-corrected chi connectivity index (χ2v) is 6.78. The lowest BCUT2D eigenvalue weighted by molar-refractivity contribution is -0.119. The average molecular weight is 354 g/mol. The third-order valence-corrected chi connectivity index (χ3v) is 4.96. The molecule has 1 aromatic carbocycles. The zero-order chi connectivity index (χ0) is 17.9. The molecule has 4 rings (SSSR count). The molecule has 1 amide bonds. The van der Waals surface area contributed by atoms with Crippen LogP contribution in [0.1, 0.15) is 5.69 Å². The molecule has 0 radical (unpaired) electrons. The van der Waals surface area contributed by atoms with Crippen LogP contribution in [0.5, 0.6) is 5.75 Å². The fraction of sp³-hybridized carbons (Fsp3) is 0.421. The summed E-state index contributed by atoms with van der Waals surface area (Å²) in [7, 11) is 0. The zero-order valence-corrected chi connectivity index (χ0v) is 14.5. The molecule has 136 valence electrons. The highest BCUT2D eigenvalue weighted by molar-refractivity contribution is 5.96. The fourth-order valence-corrected chi connectivity index (χ4v) is 3.68. The van der Waals surface area contributed by atoms with Crippen molar-refractivity contribution in [2.24, 2.45) is 5.92 Å². The molecule has 1 fully saturated rings. The van der Waals surface area contributed by atoms with E-state index in [1.54, 1.807) is 23.5 Å². The molecular weight excluding hydrogens is 332 g/mol. The minimum atomic E-state index is -0.457. The highest BCUT2D eigenvalue weighted by atomic mass is 16.5. The van der Waals surface area contributed by atoms with Crippen LogP contribution in [0.3, 0.4) is 0 Å². The van der Waals surface area contributed by atoms with Crippen LogP contribution in [0.4, 0.5) is 5.69 Å². The number of nitrogens with zero attached hydrogens (tertiary/aromatic N) is 4. The maximum Gasteiger partial charge on any atom is 0.241 e. The number of amides is 1. The summed E-state index contributed by atoms with van der Waals surface area (Å²) < 4.78 is 5.61. The maximum atomic E-state index is 12.8. The Labute approximate surface area is 152 Å². The van der Waals surface area contributed by atoms with E-state index in [1.807, 2.05) is 29.2 Å². The van der Waals surface area contributed by atoms with Crippen molar-refractivity contribution in [1.29, 1.82) is 0 Å². The van der Waals surface area contributed by atoms with Crippen molar-refractivity contribution in [3.63, 3.8) is 0 Å². The van der Waals surface area contributed by atoms with Gasteiger partial charge >= 0.3 is 0 Å². The Kier molecular flexibility index (Phi) is 4.81. The summed E-state index contributed by atoms with van der Waals surface area (Å²) in [6.45, 7) is 2.52. The number of β-amino-alcohol motifs (C(OH)–C–C–N with tert-alkyl or cyclic N) is 1. The van der Waals surface area contributed by atoms with Crippen molar-refractivity contribution >= 4 is 11.6 Å². The van der Waals surface area contributed by atoms with Gasteiger partial charge in [0, 0.05) is 37.6 Å². The average Bonchev–Trinajstić information content (AvgIpc) is 3.01. The highest BCUT2D eigenvalue weighted by Crippen LogP contribution is 2.31. The van der Waals surface area contributed by atoms with E-state index in [0.717, 1.165) is 17.1 Å². The lowest BCUT2D eigenvalue weighted by Crippen LogP contribution is -2.43. The predicted molar refractivity (Wildman–Crippen MR) is 96.0 cm³/mol. The Balaban J connectivity index is 1.38. The zero-order valence-electron chi connectivity index (χ0n) is 14.5. The van der Waals surface area contributed by atoms with Gasteiger partial charge in [0.05, 0.1) is 30.6 Å². The standard InChI is InChI=1S/C19H22N4O3/c24-17-12-22(11-14(17)9-15-10-20-5-6-21-15)13-19(25)23-7-8-26-18-4-2-1-3-16(18)23/h1-6,10,14,17,24H,7-9,11-13H2/t14-,17-/m1/s1. The molecule has 2 aliphatic heterocycles. The summed E-state index contributed by atoms with van der Waals surface area (Å²) in [5.74, 6) is 0.846. The van der Waals surface area contributed by atoms with E-state index in [0.29, 0.717) is 39.2 Å². The molecule has 2 atom stereocenters. The van der Waals surface area contributed by atoms with Crippen molar-refractivity contribution in [1.82, 2.24) is 14.9 Å². The van der Waals surface area contributed by atoms with Crippen LogP contribution >= 0.6 is 0 Å². The van der Waals surface area contributed by atoms with Gasteiger partial charge in [0.2, 0.25) is 5.91 Å². The summed E-state index contributed by atoms with van der Waals surface area (Å²) in [5.41, 5.74) is 1.69. The summed E-state index contributed by atoms with van der Waals surface area (Å²) in [4.78, 5) is 25.0. The molecule has 26 heavy (non-hydrogen) atoms. The monoisotopic (exact) mass is 354 g/mol. The van der Waals surface area contributed by atoms with Gasteiger partial charge in [-0.25, -0.2) is 0 Å². The summed E-state index contributed by atoms with van der Waals surface area (Å²) in [6, 6.07) is 7.60. The number of likely N-dealkylation sites (tertiary alicyclic amines) is 1. The molecule has 0 spiro atoms. The third-order valence-electron chi connectivity index (χ3n) is 4.96. The Hall–Kier alpha value is -2.51. The normalized spacial score (nSPS) is 22.7. The number of aliphatic hydroxyl groups excluding tert-OH is 1. The van der Waals surface area contributed by atoms with Crippen LogP contribution in [-0.2, 0) is 11.2 Å². The smallest absolute Gasteiger partial charge is 0.241 e. The minimum Gasteiger partial charge on any atom is -0.490 e. The molecule has 0 aliphatic carbocycles. The minimum absolute atomic E-state index is 0.0353. The van der Waals surface area contributed by atoms with Gasteiger partial charge in [0.1, 0.15) is 12.4 Å². The summed E-state index contributed by atoms with van der Waals surface area (Å²) in [5, 5.41) is 10.4. The van der Waals surface area contributed by atoms with E-state index >= 15 is 0 Å². The SMILES string of the molecule is O=C(CN1C[C@@H](Cc2cnccn2)[C@H](O)C1)N1CCOc2ccccc21. The first-order valence-electron chi connectivity index (χ1n) is 8.88. The number of ether oxygens (including phenoxy) is 1. The first kappa shape index (κ1) is 16.9. The maximum absolute atomic E-state index is 12.8. The topological polar surface area (TPSA) is 78.8 Å². The third kappa shape index (κ3) is 3.54. The van der Waals surface area contributed by atoms with Crippen LogP contribution in [0.2, 0.25) is 0 Å². The molecule has 1 aromatic heterocycles. The van der Waals surface area contributed by atoms with E-state index in [4.69, 9.17) is 4.74 Å². The number of rotatable bonds is 4. The quantitative estimate of drug-likeness (QED) is 0.872. The predicted octanol–water partition coefficient (Wildman–Crippen LogP) is 0.737. The Morgan fingerprint density at radius 2 is 2.15 bits per heavy atom. The first-order valence-corrected chi connectivity index (χ1v) is 8.88. The number of hydrogen-bond donors (Lipinski definition) is 1.